The van der Waals surface area contributed by atoms with Crippen molar-refractivity contribution in [1.82, 2.24) is 0 Å². The SMILES string of the molecule is COC1=CCC(/C=C/c2ccc(C(F)(F)F)cc2)=CC1. The number of methoxy groups -OCH3 is 1. The lowest BCUT2D eigenvalue weighted by atomic mass is 10.0. The zero-order chi connectivity index (χ0) is 14.6. The van der Waals surface area contributed by atoms with Gasteiger partial charge in [0.25, 0.3) is 0 Å². The average molecular weight is 280 g/mol. The predicted octanol–water partition coefficient (Wildman–Crippen LogP) is 4.97. The van der Waals surface area contributed by atoms with E-state index in [0.29, 0.717) is 0 Å². The maximum atomic E-state index is 12.4. The summed E-state index contributed by atoms with van der Waals surface area (Å²) in [5.41, 5.74) is 1.25. The Morgan fingerprint density at radius 3 is 2.20 bits per heavy atom. The van der Waals surface area contributed by atoms with Crippen LogP contribution in [0.2, 0.25) is 0 Å². The van der Waals surface area contributed by atoms with Crippen molar-refractivity contribution >= 4 is 6.08 Å². The Hall–Kier alpha value is -1.97. The summed E-state index contributed by atoms with van der Waals surface area (Å²) in [4.78, 5) is 0. The molecule has 1 aliphatic rings. The van der Waals surface area contributed by atoms with E-state index in [1.165, 1.54) is 12.1 Å². The molecule has 0 atom stereocenters. The number of hydrogen-bond acceptors (Lipinski definition) is 1. The van der Waals surface area contributed by atoms with Gasteiger partial charge in [0.15, 0.2) is 0 Å². The quantitative estimate of drug-likeness (QED) is 0.759. The molecule has 1 nitrogen and oxygen atoms in total. The summed E-state index contributed by atoms with van der Waals surface area (Å²) < 4.78 is 42.4. The highest BCUT2D eigenvalue weighted by atomic mass is 19.4. The molecule has 0 saturated carbocycles. The molecular weight excluding hydrogens is 265 g/mol. The molecule has 0 heterocycles. The van der Waals surface area contributed by atoms with Crippen molar-refractivity contribution in [2.45, 2.75) is 19.0 Å². The van der Waals surface area contributed by atoms with Crippen LogP contribution in [-0.2, 0) is 10.9 Å². The first-order valence-electron chi connectivity index (χ1n) is 6.26. The monoisotopic (exact) mass is 280 g/mol. The van der Waals surface area contributed by atoms with Crippen LogP contribution in [0.5, 0.6) is 0 Å². The largest absolute Gasteiger partial charge is 0.501 e. The lowest BCUT2D eigenvalue weighted by molar-refractivity contribution is -0.137. The van der Waals surface area contributed by atoms with Crippen molar-refractivity contribution in [2.75, 3.05) is 7.11 Å². The van der Waals surface area contributed by atoms with Crippen molar-refractivity contribution in [3.8, 4) is 0 Å². The van der Waals surface area contributed by atoms with E-state index in [9.17, 15) is 13.2 Å². The van der Waals surface area contributed by atoms with E-state index in [1.807, 2.05) is 18.2 Å². The van der Waals surface area contributed by atoms with Crippen LogP contribution in [0.4, 0.5) is 13.2 Å². The summed E-state index contributed by atoms with van der Waals surface area (Å²) in [6.07, 6.45) is 5.05. The van der Waals surface area contributed by atoms with Crippen molar-refractivity contribution in [3.63, 3.8) is 0 Å². The molecule has 1 aliphatic carbocycles. The Balaban J connectivity index is 2.01. The fourth-order valence-electron chi connectivity index (χ4n) is 1.92. The van der Waals surface area contributed by atoms with Crippen LogP contribution in [0.3, 0.4) is 0 Å². The number of benzene rings is 1. The van der Waals surface area contributed by atoms with E-state index in [0.717, 1.165) is 41.9 Å². The van der Waals surface area contributed by atoms with Crippen LogP contribution in [-0.4, -0.2) is 7.11 Å². The van der Waals surface area contributed by atoms with Crippen molar-refractivity contribution in [1.29, 1.82) is 0 Å². The van der Waals surface area contributed by atoms with Crippen LogP contribution in [0.1, 0.15) is 24.0 Å². The summed E-state index contributed by atoms with van der Waals surface area (Å²) in [6, 6.07) is 5.13. The Labute approximate surface area is 116 Å². The summed E-state index contributed by atoms with van der Waals surface area (Å²) >= 11 is 0. The van der Waals surface area contributed by atoms with Gasteiger partial charge in [0.2, 0.25) is 0 Å². The third-order valence-electron chi connectivity index (χ3n) is 3.12. The second kappa shape index (κ2) is 5.99. The lowest BCUT2D eigenvalue weighted by Crippen LogP contribution is -2.03. The van der Waals surface area contributed by atoms with Gasteiger partial charge < -0.3 is 4.74 Å². The number of allylic oxidation sites excluding steroid dienone is 4. The number of halogens is 3. The first-order chi connectivity index (χ1) is 9.49. The van der Waals surface area contributed by atoms with E-state index in [2.05, 4.69) is 6.08 Å². The average Bonchev–Trinajstić information content (AvgIpc) is 2.45. The zero-order valence-corrected chi connectivity index (χ0v) is 11.1. The minimum absolute atomic E-state index is 0.626. The molecule has 0 amide bonds. The van der Waals surface area contributed by atoms with Gasteiger partial charge in [-0.05, 0) is 35.8 Å². The fourth-order valence-corrected chi connectivity index (χ4v) is 1.92. The molecule has 0 radical (unpaired) electrons. The van der Waals surface area contributed by atoms with Gasteiger partial charge in [0.1, 0.15) is 0 Å². The molecule has 2 rings (SSSR count). The van der Waals surface area contributed by atoms with Gasteiger partial charge in [-0.3, -0.25) is 0 Å². The second-order valence-electron chi connectivity index (χ2n) is 4.51. The molecule has 0 spiro atoms. The normalized spacial score (nSPS) is 16.0. The summed E-state index contributed by atoms with van der Waals surface area (Å²) in [6.45, 7) is 0. The first kappa shape index (κ1) is 14.4. The molecule has 4 heteroatoms. The molecule has 0 saturated heterocycles. The molecule has 1 aromatic rings. The van der Waals surface area contributed by atoms with Crippen LogP contribution < -0.4 is 0 Å². The van der Waals surface area contributed by atoms with Crippen LogP contribution in [0.15, 0.2) is 53.8 Å². The molecule has 106 valence electrons. The number of ether oxygens (including phenoxy) is 1. The van der Waals surface area contributed by atoms with E-state index in [-0.39, 0.29) is 0 Å². The van der Waals surface area contributed by atoms with Gasteiger partial charge in [0, 0.05) is 6.42 Å². The second-order valence-corrected chi connectivity index (χ2v) is 4.51. The Bertz CT molecular complexity index is 548. The summed E-state index contributed by atoms with van der Waals surface area (Å²) in [5.74, 6) is 0.941. The maximum Gasteiger partial charge on any atom is 0.416 e. The van der Waals surface area contributed by atoms with Gasteiger partial charge in [-0.15, -0.1) is 0 Å². The molecule has 20 heavy (non-hydrogen) atoms. The molecule has 0 fully saturated rings. The Kier molecular flexibility index (Phi) is 4.32. The smallest absolute Gasteiger partial charge is 0.416 e. The minimum atomic E-state index is -4.28. The van der Waals surface area contributed by atoms with Crippen LogP contribution >= 0.6 is 0 Å². The Morgan fingerprint density at radius 1 is 1.00 bits per heavy atom. The molecule has 0 aromatic heterocycles. The molecule has 0 N–H and O–H groups in total. The van der Waals surface area contributed by atoms with Crippen molar-refractivity contribution in [2.24, 2.45) is 0 Å². The maximum absolute atomic E-state index is 12.4. The summed E-state index contributed by atoms with van der Waals surface area (Å²) in [7, 11) is 1.64. The van der Waals surface area contributed by atoms with Gasteiger partial charge in [-0.25, -0.2) is 0 Å². The first-order valence-corrected chi connectivity index (χ1v) is 6.26. The van der Waals surface area contributed by atoms with Crippen molar-refractivity contribution in [3.05, 3.63) is 65.0 Å². The molecule has 0 aliphatic heterocycles. The van der Waals surface area contributed by atoms with Crippen LogP contribution in [0.25, 0.3) is 6.08 Å². The predicted molar refractivity (Wildman–Crippen MR) is 72.9 cm³/mol. The number of hydrogen-bond donors (Lipinski definition) is 0. The van der Waals surface area contributed by atoms with Crippen LogP contribution in [0, 0.1) is 0 Å². The third kappa shape index (κ3) is 3.76. The van der Waals surface area contributed by atoms with Gasteiger partial charge in [-0.1, -0.05) is 30.4 Å². The topological polar surface area (TPSA) is 9.23 Å². The van der Waals surface area contributed by atoms with Gasteiger partial charge in [0.05, 0.1) is 18.4 Å². The molecule has 0 bridgehead atoms. The molecule has 0 unspecified atom stereocenters. The van der Waals surface area contributed by atoms with E-state index in [4.69, 9.17) is 4.74 Å². The van der Waals surface area contributed by atoms with E-state index in [1.54, 1.807) is 7.11 Å². The van der Waals surface area contributed by atoms with Gasteiger partial charge in [-0.2, -0.15) is 13.2 Å². The van der Waals surface area contributed by atoms with Crippen molar-refractivity contribution < 1.29 is 17.9 Å². The highest BCUT2D eigenvalue weighted by molar-refractivity contribution is 5.54. The third-order valence-corrected chi connectivity index (χ3v) is 3.12. The van der Waals surface area contributed by atoms with Gasteiger partial charge >= 0.3 is 6.18 Å². The molecule has 1 aromatic carbocycles. The fraction of sp³-hybridized carbons (Fsp3) is 0.250. The highest BCUT2D eigenvalue weighted by Crippen LogP contribution is 2.29. The standard InChI is InChI=1S/C16H15F3O/c1-20-15-10-6-13(7-11-15)3-2-12-4-8-14(9-5-12)16(17,18)19/h2-6,8-9,11H,7,10H2,1H3/b3-2+. The lowest BCUT2D eigenvalue weighted by Gasteiger charge is -2.10. The number of rotatable bonds is 3. The zero-order valence-electron chi connectivity index (χ0n) is 11.1. The van der Waals surface area contributed by atoms with E-state index < -0.39 is 11.7 Å². The number of alkyl halides is 3. The summed E-state index contributed by atoms with van der Waals surface area (Å²) in [5, 5.41) is 0. The Morgan fingerprint density at radius 2 is 1.70 bits per heavy atom. The minimum Gasteiger partial charge on any atom is -0.501 e. The highest BCUT2D eigenvalue weighted by Gasteiger charge is 2.29. The van der Waals surface area contributed by atoms with E-state index >= 15 is 0 Å². The molecular formula is C16H15F3O.